The first-order valence-electron chi connectivity index (χ1n) is 4.42. The van der Waals surface area contributed by atoms with Crippen molar-refractivity contribution in [1.29, 1.82) is 0 Å². The number of hydrogen-bond donors (Lipinski definition) is 1. The van der Waals surface area contributed by atoms with Gasteiger partial charge in [0.05, 0.1) is 12.1 Å². The summed E-state index contributed by atoms with van der Waals surface area (Å²) in [6, 6.07) is 0. The third kappa shape index (κ3) is 1.71. The molecule has 1 aliphatic heterocycles. The van der Waals surface area contributed by atoms with E-state index < -0.39 is 5.60 Å². The van der Waals surface area contributed by atoms with Gasteiger partial charge in [0.2, 0.25) is 5.89 Å². The van der Waals surface area contributed by atoms with Gasteiger partial charge in [0.25, 0.3) is 0 Å². The average Bonchev–Trinajstić information content (AvgIpc) is 2.54. The highest BCUT2D eigenvalue weighted by molar-refractivity contribution is 4.95. The lowest BCUT2D eigenvalue weighted by atomic mass is 9.91. The number of aliphatic hydroxyl groups is 1. The Bertz CT molecular complexity index is 267. The number of likely N-dealkylation sites (tertiary alicyclic amines) is 1. The summed E-state index contributed by atoms with van der Waals surface area (Å²) in [4.78, 5) is 5.99. The summed E-state index contributed by atoms with van der Waals surface area (Å²) < 4.78 is 4.86. The molecule has 0 saturated carbocycles. The van der Waals surface area contributed by atoms with Gasteiger partial charge in [-0.25, -0.2) is 0 Å². The molecule has 0 amide bonds. The highest BCUT2D eigenvalue weighted by Crippen LogP contribution is 2.24. The quantitative estimate of drug-likeness (QED) is 0.716. The maximum atomic E-state index is 9.71. The van der Waals surface area contributed by atoms with Crippen LogP contribution < -0.4 is 0 Å². The molecule has 0 bridgehead atoms. The van der Waals surface area contributed by atoms with Crippen molar-refractivity contribution < 1.29 is 9.63 Å². The number of rotatable bonds is 3. The molecule has 2 heterocycles. The van der Waals surface area contributed by atoms with Gasteiger partial charge < -0.3 is 9.63 Å². The van der Waals surface area contributed by atoms with E-state index in [1.165, 1.54) is 6.33 Å². The van der Waals surface area contributed by atoms with Crippen molar-refractivity contribution in [1.82, 2.24) is 15.0 Å². The maximum absolute atomic E-state index is 9.71. The largest absolute Gasteiger partial charge is 0.387 e. The van der Waals surface area contributed by atoms with Crippen LogP contribution in [-0.4, -0.2) is 38.8 Å². The van der Waals surface area contributed by atoms with Gasteiger partial charge in [-0.05, 0) is 6.42 Å². The standard InChI is InChI=1S/C8H13N3O2/c1-2-8(12)4-11(5-8)3-7-9-6-10-13-7/h6,12H,2-5H2,1H3. The summed E-state index contributed by atoms with van der Waals surface area (Å²) in [5, 5.41) is 13.2. The van der Waals surface area contributed by atoms with Crippen LogP contribution in [0.25, 0.3) is 0 Å². The van der Waals surface area contributed by atoms with Gasteiger partial charge in [-0.1, -0.05) is 12.1 Å². The summed E-state index contributed by atoms with van der Waals surface area (Å²) >= 11 is 0. The molecule has 1 aromatic rings. The molecule has 0 unspecified atom stereocenters. The van der Waals surface area contributed by atoms with Crippen molar-refractivity contribution in [2.24, 2.45) is 0 Å². The van der Waals surface area contributed by atoms with Gasteiger partial charge in [0, 0.05) is 13.1 Å². The Kier molecular flexibility index (Phi) is 2.05. The van der Waals surface area contributed by atoms with Gasteiger partial charge in [-0.2, -0.15) is 4.98 Å². The topological polar surface area (TPSA) is 62.4 Å². The zero-order chi connectivity index (χ0) is 9.31. The maximum Gasteiger partial charge on any atom is 0.240 e. The molecule has 1 fully saturated rings. The molecule has 0 aromatic carbocycles. The van der Waals surface area contributed by atoms with Crippen LogP contribution in [0.4, 0.5) is 0 Å². The monoisotopic (exact) mass is 183 g/mol. The normalized spacial score (nSPS) is 21.4. The molecule has 2 rings (SSSR count). The SMILES string of the molecule is CCC1(O)CN(Cc2ncno2)C1. The second kappa shape index (κ2) is 3.08. The summed E-state index contributed by atoms with van der Waals surface area (Å²) in [6.45, 7) is 4.03. The molecular weight excluding hydrogens is 170 g/mol. The Labute approximate surface area is 76.4 Å². The van der Waals surface area contributed by atoms with Crippen molar-refractivity contribution in [3.8, 4) is 0 Å². The zero-order valence-corrected chi connectivity index (χ0v) is 7.60. The molecule has 0 aliphatic carbocycles. The first-order chi connectivity index (χ1) is 6.22. The average molecular weight is 183 g/mol. The Balaban J connectivity index is 1.82. The van der Waals surface area contributed by atoms with E-state index in [0.29, 0.717) is 25.5 Å². The van der Waals surface area contributed by atoms with E-state index in [2.05, 4.69) is 15.0 Å². The van der Waals surface area contributed by atoms with E-state index in [0.717, 1.165) is 6.42 Å². The van der Waals surface area contributed by atoms with Crippen molar-refractivity contribution in [2.75, 3.05) is 13.1 Å². The summed E-state index contributed by atoms with van der Waals surface area (Å²) in [6.07, 6.45) is 2.19. The number of β-amino-alcohol motifs (C(OH)–C–C–N with tert-alkyl or cyclic N) is 1. The molecule has 0 radical (unpaired) electrons. The number of hydrogen-bond acceptors (Lipinski definition) is 5. The predicted molar refractivity (Wildman–Crippen MR) is 44.8 cm³/mol. The van der Waals surface area contributed by atoms with Gasteiger partial charge in [-0.15, -0.1) is 0 Å². The molecule has 72 valence electrons. The van der Waals surface area contributed by atoms with Crippen LogP contribution in [0.3, 0.4) is 0 Å². The van der Waals surface area contributed by atoms with E-state index in [4.69, 9.17) is 4.52 Å². The van der Waals surface area contributed by atoms with Crippen molar-refractivity contribution in [3.05, 3.63) is 12.2 Å². The number of nitrogens with zero attached hydrogens (tertiary/aromatic N) is 3. The van der Waals surface area contributed by atoms with Gasteiger partial charge in [-0.3, -0.25) is 4.90 Å². The summed E-state index contributed by atoms with van der Waals surface area (Å²) in [7, 11) is 0. The minimum Gasteiger partial charge on any atom is -0.387 e. The van der Waals surface area contributed by atoms with E-state index >= 15 is 0 Å². The Morgan fingerprint density at radius 2 is 2.46 bits per heavy atom. The van der Waals surface area contributed by atoms with Crippen LogP contribution in [0.5, 0.6) is 0 Å². The molecule has 1 aromatic heterocycles. The van der Waals surface area contributed by atoms with Crippen LogP contribution in [0.1, 0.15) is 19.2 Å². The molecule has 13 heavy (non-hydrogen) atoms. The first-order valence-corrected chi connectivity index (χ1v) is 4.42. The Morgan fingerprint density at radius 3 is 3.00 bits per heavy atom. The second-order valence-electron chi connectivity index (χ2n) is 3.56. The molecule has 0 spiro atoms. The van der Waals surface area contributed by atoms with Crippen LogP contribution in [0.2, 0.25) is 0 Å². The van der Waals surface area contributed by atoms with Gasteiger partial charge >= 0.3 is 0 Å². The van der Waals surface area contributed by atoms with E-state index in [-0.39, 0.29) is 0 Å². The highest BCUT2D eigenvalue weighted by atomic mass is 16.5. The lowest BCUT2D eigenvalue weighted by Crippen LogP contribution is -2.60. The van der Waals surface area contributed by atoms with Crippen molar-refractivity contribution in [2.45, 2.75) is 25.5 Å². The van der Waals surface area contributed by atoms with Crippen LogP contribution >= 0.6 is 0 Å². The first kappa shape index (κ1) is 8.65. The molecule has 1 saturated heterocycles. The third-order valence-electron chi connectivity index (χ3n) is 2.46. The summed E-state index contributed by atoms with van der Waals surface area (Å²) in [5.41, 5.74) is -0.486. The minimum atomic E-state index is -0.486. The van der Waals surface area contributed by atoms with Crippen molar-refractivity contribution >= 4 is 0 Å². The molecule has 0 atom stereocenters. The summed E-state index contributed by atoms with van der Waals surface area (Å²) in [5.74, 6) is 0.609. The molecule has 1 N–H and O–H groups in total. The van der Waals surface area contributed by atoms with Crippen molar-refractivity contribution in [3.63, 3.8) is 0 Å². The third-order valence-corrected chi connectivity index (χ3v) is 2.46. The smallest absolute Gasteiger partial charge is 0.240 e. The molecule has 5 heteroatoms. The van der Waals surface area contributed by atoms with Gasteiger partial charge in [0.1, 0.15) is 0 Å². The fraction of sp³-hybridized carbons (Fsp3) is 0.750. The second-order valence-corrected chi connectivity index (χ2v) is 3.56. The zero-order valence-electron chi connectivity index (χ0n) is 7.60. The lowest BCUT2D eigenvalue weighted by Gasteiger charge is -2.45. The molecular formula is C8H13N3O2. The van der Waals surface area contributed by atoms with E-state index in [1.54, 1.807) is 0 Å². The molecule has 1 aliphatic rings. The van der Waals surface area contributed by atoms with E-state index in [9.17, 15) is 5.11 Å². The fourth-order valence-electron chi connectivity index (χ4n) is 1.58. The number of aromatic nitrogens is 2. The van der Waals surface area contributed by atoms with Crippen LogP contribution in [0, 0.1) is 0 Å². The highest BCUT2D eigenvalue weighted by Gasteiger charge is 2.39. The van der Waals surface area contributed by atoms with Crippen LogP contribution in [0.15, 0.2) is 10.9 Å². The Hall–Kier alpha value is -0.940. The molecule has 5 nitrogen and oxygen atoms in total. The minimum absolute atomic E-state index is 0.486. The van der Waals surface area contributed by atoms with Gasteiger partial charge in [0.15, 0.2) is 6.33 Å². The predicted octanol–water partition coefficient (Wildman–Crippen LogP) is 0.0263. The fourth-order valence-corrected chi connectivity index (χ4v) is 1.58. The Morgan fingerprint density at radius 1 is 1.69 bits per heavy atom. The van der Waals surface area contributed by atoms with E-state index in [1.807, 2.05) is 6.92 Å². The van der Waals surface area contributed by atoms with Crippen LogP contribution in [-0.2, 0) is 6.54 Å². The lowest BCUT2D eigenvalue weighted by molar-refractivity contribution is -0.106.